The highest BCUT2D eigenvalue weighted by Gasteiger charge is 2.32. The second-order valence-corrected chi connectivity index (χ2v) is 5.18. The van der Waals surface area contributed by atoms with Crippen LogP contribution in [0.25, 0.3) is 0 Å². The molecule has 0 amide bonds. The maximum atomic E-state index is 11.9. The zero-order valence-corrected chi connectivity index (χ0v) is 11.6. The molecule has 0 bridgehead atoms. The Morgan fingerprint density at radius 1 is 1.19 bits per heavy atom. The highest BCUT2D eigenvalue weighted by atomic mass is 16.5. The lowest BCUT2D eigenvalue weighted by Crippen LogP contribution is -2.31. The maximum Gasteiger partial charge on any atom is 0.312 e. The molecule has 0 spiro atoms. The fourth-order valence-electron chi connectivity index (χ4n) is 1.72. The van der Waals surface area contributed by atoms with Crippen LogP contribution < -0.4 is 0 Å². The van der Waals surface area contributed by atoms with Crippen molar-refractivity contribution in [3.8, 4) is 0 Å². The molecule has 1 unspecified atom stereocenters. The predicted molar refractivity (Wildman–Crippen MR) is 68.4 cm³/mol. The van der Waals surface area contributed by atoms with Gasteiger partial charge in [-0.15, -0.1) is 0 Å². The number of hydrogen-bond donors (Lipinski definition) is 0. The number of rotatable bonds is 8. The van der Waals surface area contributed by atoms with Gasteiger partial charge in [-0.3, -0.25) is 4.79 Å². The first-order valence-electron chi connectivity index (χ1n) is 6.67. The van der Waals surface area contributed by atoms with Crippen LogP contribution in [0.5, 0.6) is 0 Å². The second kappa shape index (κ2) is 7.70. The van der Waals surface area contributed by atoms with Crippen LogP contribution >= 0.6 is 0 Å². The van der Waals surface area contributed by atoms with Gasteiger partial charge in [0.25, 0.3) is 0 Å². The first-order chi connectivity index (χ1) is 7.46. The Hall–Kier alpha value is -0.530. The summed E-state index contributed by atoms with van der Waals surface area (Å²) in [5.41, 5.74) is -0.280. The molecule has 0 aromatic carbocycles. The predicted octanol–water partition coefficient (Wildman–Crippen LogP) is 4.32. The summed E-state index contributed by atoms with van der Waals surface area (Å²) in [4.78, 5) is 11.9. The minimum atomic E-state index is -0.280. The van der Waals surface area contributed by atoms with Crippen LogP contribution in [0.1, 0.15) is 73.1 Å². The third-order valence-corrected chi connectivity index (χ3v) is 3.20. The molecule has 0 heterocycles. The molecule has 0 saturated heterocycles. The lowest BCUT2D eigenvalue weighted by Gasteiger charge is -2.27. The fourth-order valence-corrected chi connectivity index (χ4v) is 1.72. The van der Waals surface area contributed by atoms with E-state index in [4.69, 9.17) is 4.74 Å². The summed E-state index contributed by atoms with van der Waals surface area (Å²) in [6, 6.07) is 0. The van der Waals surface area contributed by atoms with Crippen molar-refractivity contribution in [3.05, 3.63) is 0 Å². The van der Waals surface area contributed by atoms with Crippen molar-refractivity contribution < 1.29 is 9.53 Å². The average molecular weight is 228 g/mol. The molecule has 0 fully saturated rings. The smallest absolute Gasteiger partial charge is 0.312 e. The Balaban J connectivity index is 4.13. The van der Waals surface area contributed by atoms with Gasteiger partial charge in [-0.1, -0.05) is 39.5 Å². The lowest BCUT2D eigenvalue weighted by atomic mass is 9.82. The number of unbranched alkanes of at least 4 members (excludes halogenated alkanes) is 3. The van der Waals surface area contributed by atoms with Crippen LogP contribution in [0.2, 0.25) is 0 Å². The van der Waals surface area contributed by atoms with Gasteiger partial charge < -0.3 is 4.74 Å². The van der Waals surface area contributed by atoms with E-state index in [1.165, 1.54) is 19.3 Å². The molecule has 0 rings (SSSR count). The van der Waals surface area contributed by atoms with Crippen molar-refractivity contribution in [2.75, 3.05) is 0 Å². The minimum Gasteiger partial charge on any atom is -0.463 e. The van der Waals surface area contributed by atoms with Crippen molar-refractivity contribution in [1.82, 2.24) is 0 Å². The van der Waals surface area contributed by atoms with E-state index in [0.29, 0.717) is 0 Å². The molecule has 0 aliphatic rings. The fraction of sp³-hybridized carbons (Fsp3) is 0.929. The van der Waals surface area contributed by atoms with E-state index in [1.54, 1.807) is 0 Å². The van der Waals surface area contributed by atoms with Gasteiger partial charge in [-0.2, -0.15) is 0 Å². The molecule has 0 aromatic heterocycles. The molecule has 0 aliphatic carbocycles. The van der Waals surface area contributed by atoms with E-state index in [0.717, 1.165) is 19.3 Å². The summed E-state index contributed by atoms with van der Waals surface area (Å²) < 4.78 is 5.32. The summed E-state index contributed by atoms with van der Waals surface area (Å²) in [5, 5.41) is 0. The first kappa shape index (κ1) is 15.5. The Morgan fingerprint density at radius 2 is 1.81 bits per heavy atom. The van der Waals surface area contributed by atoms with Gasteiger partial charge in [-0.25, -0.2) is 0 Å². The minimum absolute atomic E-state index is 0.00554. The lowest BCUT2D eigenvalue weighted by molar-refractivity contribution is -0.159. The van der Waals surface area contributed by atoms with Crippen LogP contribution in [0.3, 0.4) is 0 Å². The molecule has 0 N–H and O–H groups in total. The van der Waals surface area contributed by atoms with E-state index < -0.39 is 0 Å². The molecule has 16 heavy (non-hydrogen) atoms. The number of carbonyl (C=O) groups is 1. The zero-order valence-electron chi connectivity index (χ0n) is 11.6. The van der Waals surface area contributed by atoms with E-state index in [2.05, 4.69) is 13.8 Å². The van der Waals surface area contributed by atoms with Crippen molar-refractivity contribution in [1.29, 1.82) is 0 Å². The highest BCUT2D eigenvalue weighted by Crippen LogP contribution is 2.30. The standard InChI is InChI=1S/C14H28O2/c1-6-8-9-10-11-14(5,7-2)13(15)16-12(3)4/h12H,6-11H2,1-5H3. The van der Waals surface area contributed by atoms with Gasteiger partial charge in [-0.05, 0) is 33.6 Å². The highest BCUT2D eigenvalue weighted by molar-refractivity contribution is 5.76. The molecule has 0 saturated carbocycles. The number of esters is 1. The van der Waals surface area contributed by atoms with Crippen LogP contribution in [-0.2, 0) is 9.53 Å². The Labute approximate surface area is 101 Å². The quantitative estimate of drug-likeness (QED) is 0.456. The molecule has 0 aromatic rings. The first-order valence-corrected chi connectivity index (χ1v) is 6.67. The molecule has 1 atom stereocenters. The van der Waals surface area contributed by atoms with Gasteiger partial charge in [0.05, 0.1) is 11.5 Å². The zero-order chi connectivity index (χ0) is 12.6. The molecule has 0 aliphatic heterocycles. The molecule has 2 heteroatoms. The van der Waals surface area contributed by atoms with Gasteiger partial charge in [0.1, 0.15) is 0 Å². The number of carbonyl (C=O) groups excluding carboxylic acids is 1. The van der Waals surface area contributed by atoms with Crippen LogP contribution in [0.4, 0.5) is 0 Å². The van der Waals surface area contributed by atoms with Crippen molar-refractivity contribution in [2.45, 2.75) is 79.2 Å². The maximum absolute atomic E-state index is 11.9. The van der Waals surface area contributed by atoms with E-state index >= 15 is 0 Å². The Bertz CT molecular complexity index is 199. The topological polar surface area (TPSA) is 26.3 Å². The van der Waals surface area contributed by atoms with Crippen molar-refractivity contribution in [3.63, 3.8) is 0 Å². The second-order valence-electron chi connectivity index (χ2n) is 5.18. The van der Waals surface area contributed by atoms with Gasteiger partial charge in [0, 0.05) is 0 Å². The summed E-state index contributed by atoms with van der Waals surface area (Å²) in [6.45, 7) is 10.1. The molecule has 2 nitrogen and oxygen atoms in total. The molecule has 96 valence electrons. The van der Waals surface area contributed by atoms with E-state index in [9.17, 15) is 4.79 Å². The van der Waals surface area contributed by atoms with Crippen molar-refractivity contribution in [2.24, 2.45) is 5.41 Å². The van der Waals surface area contributed by atoms with Crippen LogP contribution in [0, 0.1) is 5.41 Å². The summed E-state index contributed by atoms with van der Waals surface area (Å²) in [5.74, 6) is -0.0264. The third kappa shape index (κ3) is 5.53. The normalized spacial score (nSPS) is 14.9. The molecular formula is C14H28O2. The number of ether oxygens (including phenoxy) is 1. The largest absolute Gasteiger partial charge is 0.463 e. The SMILES string of the molecule is CCCCCCC(C)(CC)C(=O)OC(C)C. The van der Waals surface area contributed by atoms with Gasteiger partial charge in [0.2, 0.25) is 0 Å². The van der Waals surface area contributed by atoms with Gasteiger partial charge >= 0.3 is 5.97 Å². The molecular weight excluding hydrogens is 200 g/mol. The number of hydrogen-bond acceptors (Lipinski definition) is 2. The Kier molecular flexibility index (Phi) is 7.44. The average Bonchev–Trinajstić information content (AvgIpc) is 2.23. The summed E-state index contributed by atoms with van der Waals surface area (Å²) in [6.07, 6.45) is 6.67. The third-order valence-electron chi connectivity index (χ3n) is 3.20. The monoisotopic (exact) mass is 228 g/mol. The Morgan fingerprint density at radius 3 is 2.25 bits per heavy atom. The van der Waals surface area contributed by atoms with Crippen LogP contribution in [0.15, 0.2) is 0 Å². The van der Waals surface area contributed by atoms with Crippen LogP contribution in [-0.4, -0.2) is 12.1 Å². The summed E-state index contributed by atoms with van der Waals surface area (Å²) >= 11 is 0. The molecule has 0 radical (unpaired) electrons. The van der Waals surface area contributed by atoms with E-state index in [1.807, 2.05) is 20.8 Å². The van der Waals surface area contributed by atoms with Gasteiger partial charge in [0.15, 0.2) is 0 Å². The van der Waals surface area contributed by atoms with E-state index in [-0.39, 0.29) is 17.5 Å². The van der Waals surface area contributed by atoms with Crippen molar-refractivity contribution >= 4 is 5.97 Å². The summed E-state index contributed by atoms with van der Waals surface area (Å²) in [7, 11) is 0.